The Bertz CT molecular complexity index is 819. The van der Waals surface area contributed by atoms with Gasteiger partial charge >= 0.3 is 0 Å². The lowest BCUT2D eigenvalue weighted by atomic mass is 9.94. The fourth-order valence-electron chi connectivity index (χ4n) is 4.69. The number of hydrogen-bond donors (Lipinski definition) is 1. The maximum atomic E-state index is 12.7. The van der Waals surface area contributed by atoms with E-state index in [4.69, 9.17) is 4.74 Å². The van der Waals surface area contributed by atoms with Crippen molar-refractivity contribution in [1.29, 1.82) is 0 Å². The van der Waals surface area contributed by atoms with Gasteiger partial charge in [-0.2, -0.15) is 0 Å². The Morgan fingerprint density at radius 3 is 2.33 bits per heavy atom. The van der Waals surface area contributed by atoms with Crippen molar-refractivity contribution in [3.8, 4) is 5.75 Å². The number of ether oxygens (including phenoxy) is 1. The van der Waals surface area contributed by atoms with Crippen LogP contribution in [-0.4, -0.2) is 61.6 Å². The largest absolute Gasteiger partial charge is 0.496 e. The molecule has 1 heterocycles. The highest BCUT2D eigenvalue weighted by Gasteiger charge is 2.25. The Morgan fingerprint density at radius 1 is 0.967 bits per heavy atom. The summed E-state index contributed by atoms with van der Waals surface area (Å²) >= 11 is 0. The van der Waals surface area contributed by atoms with Gasteiger partial charge in [0, 0.05) is 48.7 Å². The van der Waals surface area contributed by atoms with Gasteiger partial charge in [0.05, 0.1) is 13.7 Å². The number of anilines is 1. The van der Waals surface area contributed by atoms with Crippen LogP contribution in [0.1, 0.15) is 32.1 Å². The second-order valence-electron chi connectivity index (χ2n) is 8.01. The molecule has 1 saturated carbocycles. The third-order valence-corrected chi connectivity index (χ3v) is 6.24. The van der Waals surface area contributed by atoms with E-state index in [1.54, 1.807) is 7.11 Å². The average Bonchev–Trinajstić information content (AvgIpc) is 2.74. The van der Waals surface area contributed by atoms with Gasteiger partial charge in [0.1, 0.15) is 5.75 Å². The highest BCUT2D eigenvalue weighted by Crippen LogP contribution is 2.30. The molecule has 2 aliphatic rings. The number of carbonyl (C=O) groups is 1. The topological polar surface area (TPSA) is 44.8 Å². The SMILES string of the molecule is COc1cccc2c(NC(=O)CN3CCN(C4CCCCC4)CC3)cccc12.Cl.Cl. The molecule has 166 valence electrons. The zero-order valence-electron chi connectivity index (χ0n) is 17.6. The summed E-state index contributed by atoms with van der Waals surface area (Å²) in [4.78, 5) is 17.6. The van der Waals surface area contributed by atoms with Gasteiger partial charge in [0.15, 0.2) is 0 Å². The number of halogens is 2. The van der Waals surface area contributed by atoms with Gasteiger partial charge in [-0.3, -0.25) is 14.6 Å². The van der Waals surface area contributed by atoms with Gasteiger partial charge in [-0.1, -0.05) is 43.5 Å². The summed E-state index contributed by atoms with van der Waals surface area (Å²) in [6, 6.07) is 12.6. The fraction of sp³-hybridized carbons (Fsp3) is 0.522. The Kier molecular flexibility index (Phi) is 9.69. The number of fused-ring (bicyclic) bond motifs is 1. The van der Waals surface area contributed by atoms with Crippen LogP contribution in [0.5, 0.6) is 5.75 Å². The van der Waals surface area contributed by atoms with Gasteiger partial charge in [-0.15, -0.1) is 24.8 Å². The summed E-state index contributed by atoms with van der Waals surface area (Å²) in [6.45, 7) is 4.59. The monoisotopic (exact) mass is 453 g/mol. The van der Waals surface area contributed by atoms with Gasteiger partial charge < -0.3 is 10.1 Å². The standard InChI is InChI=1S/C23H31N3O2.2ClH/c1-28-22-12-6-9-19-20(22)10-5-11-21(19)24-23(27)17-25-13-15-26(16-14-25)18-7-3-2-4-8-18;;/h5-6,9-12,18H,2-4,7-8,13-17H2,1H3,(H,24,27);2*1H. The normalized spacial score (nSPS) is 18.3. The first-order valence-electron chi connectivity index (χ1n) is 10.6. The quantitative estimate of drug-likeness (QED) is 0.719. The number of rotatable bonds is 5. The van der Waals surface area contributed by atoms with Crippen molar-refractivity contribution in [2.24, 2.45) is 0 Å². The van der Waals surface area contributed by atoms with Crippen molar-refractivity contribution in [3.63, 3.8) is 0 Å². The second kappa shape index (κ2) is 11.8. The molecule has 5 nitrogen and oxygen atoms in total. The van der Waals surface area contributed by atoms with Gasteiger partial charge in [-0.25, -0.2) is 0 Å². The van der Waals surface area contributed by atoms with E-state index in [0.717, 1.165) is 54.4 Å². The molecule has 0 bridgehead atoms. The van der Waals surface area contributed by atoms with Crippen molar-refractivity contribution in [1.82, 2.24) is 9.80 Å². The molecule has 0 aromatic heterocycles. The lowest BCUT2D eigenvalue weighted by Gasteiger charge is -2.40. The molecule has 1 amide bonds. The number of benzene rings is 2. The van der Waals surface area contributed by atoms with Crippen LogP contribution < -0.4 is 10.1 Å². The molecule has 0 spiro atoms. The minimum absolute atomic E-state index is 0. The third-order valence-electron chi connectivity index (χ3n) is 6.24. The van der Waals surface area contributed by atoms with Crippen LogP contribution in [0.2, 0.25) is 0 Å². The van der Waals surface area contributed by atoms with E-state index in [2.05, 4.69) is 15.1 Å². The molecule has 0 unspecified atom stereocenters. The molecule has 0 radical (unpaired) electrons. The van der Waals surface area contributed by atoms with E-state index in [1.165, 1.54) is 32.1 Å². The number of carbonyl (C=O) groups excluding carboxylic acids is 1. The second-order valence-corrected chi connectivity index (χ2v) is 8.01. The van der Waals surface area contributed by atoms with Crippen molar-refractivity contribution in [2.45, 2.75) is 38.1 Å². The zero-order valence-corrected chi connectivity index (χ0v) is 19.3. The zero-order chi connectivity index (χ0) is 19.3. The number of amides is 1. The lowest BCUT2D eigenvalue weighted by molar-refractivity contribution is -0.117. The number of methoxy groups -OCH3 is 1. The van der Waals surface area contributed by atoms with Crippen molar-refractivity contribution >= 4 is 47.2 Å². The van der Waals surface area contributed by atoms with Crippen LogP contribution >= 0.6 is 24.8 Å². The highest BCUT2D eigenvalue weighted by atomic mass is 35.5. The molecular formula is C23H33Cl2N3O2. The first kappa shape index (κ1) is 24.7. The summed E-state index contributed by atoms with van der Waals surface area (Å²) in [6.07, 6.45) is 6.86. The molecular weight excluding hydrogens is 421 g/mol. The molecule has 1 N–H and O–H groups in total. The van der Waals surface area contributed by atoms with E-state index >= 15 is 0 Å². The maximum absolute atomic E-state index is 12.7. The molecule has 0 atom stereocenters. The van der Waals surface area contributed by atoms with E-state index < -0.39 is 0 Å². The van der Waals surface area contributed by atoms with Crippen LogP contribution in [0, 0.1) is 0 Å². The molecule has 2 aromatic rings. The summed E-state index contributed by atoms with van der Waals surface area (Å²) in [5, 5.41) is 5.14. The minimum Gasteiger partial charge on any atom is -0.496 e. The van der Waals surface area contributed by atoms with Gasteiger partial charge in [-0.05, 0) is 25.0 Å². The molecule has 7 heteroatoms. The maximum Gasteiger partial charge on any atom is 0.238 e. The first-order chi connectivity index (χ1) is 13.7. The number of hydrogen-bond acceptors (Lipinski definition) is 4. The molecule has 2 fully saturated rings. The average molecular weight is 454 g/mol. The van der Waals surface area contributed by atoms with Crippen molar-refractivity contribution in [3.05, 3.63) is 36.4 Å². The van der Waals surface area contributed by atoms with Gasteiger partial charge in [0.25, 0.3) is 0 Å². The van der Waals surface area contributed by atoms with E-state index in [-0.39, 0.29) is 30.7 Å². The van der Waals surface area contributed by atoms with E-state index in [0.29, 0.717) is 6.54 Å². The molecule has 30 heavy (non-hydrogen) atoms. The summed E-state index contributed by atoms with van der Waals surface area (Å²) in [5.41, 5.74) is 0.849. The van der Waals surface area contributed by atoms with Crippen LogP contribution in [0.15, 0.2) is 36.4 Å². The lowest BCUT2D eigenvalue weighted by Crippen LogP contribution is -2.52. The summed E-state index contributed by atoms with van der Waals surface area (Å²) in [7, 11) is 1.67. The Labute approximate surface area is 191 Å². The van der Waals surface area contributed by atoms with Crippen molar-refractivity contribution in [2.75, 3.05) is 45.2 Å². The molecule has 1 aliphatic heterocycles. The highest BCUT2D eigenvalue weighted by molar-refractivity contribution is 6.04. The van der Waals surface area contributed by atoms with Crippen LogP contribution in [0.4, 0.5) is 5.69 Å². The summed E-state index contributed by atoms with van der Waals surface area (Å²) < 4.78 is 5.44. The fourth-order valence-corrected chi connectivity index (χ4v) is 4.69. The van der Waals surface area contributed by atoms with Crippen LogP contribution in [0.3, 0.4) is 0 Å². The van der Waals surface area contributed by atoms with Crippen molar-refractivity contribution < 1.29 is 9.53 Å². The third kappa shape index (κ3) is 5.79. The van der Waals surface area contributed by atoms with E-state index in [1.807, 2.05) is 36.4 Å². The molecule has 1 aliphatic carbocycles. The Morgan fingerprint density at radius 2 is 1.63 bits per heavy atom. The molecule has 2 aromatic carbocycles. The number of nitrogens with one attached hydrogen (secondary N) is 1. The van der Waals surface area contributed by atoms with Crippen LogP contribution in [-0.2, 0) is 4.79 Å². The molecule has 4 rings (SSSR count). The first-order valence-corrected chi connectivity index (χ1v) is 10.6. The Hall–Kier alpha value is -1.53. The van der Waals surface area contributed by atoms with E-state index in [9.17, 15) is 4.79 Å². The van der Waals surface area contributed by atoms with Gasteiger partial charge in [0.2, 0.25) is 5.91 Å². The smallest absolute Gasteiger partial charge is 0.238 e. The Balaban J connectivity index is 0.00000160. The predicted molar refractivity (Wildman–Crippen MR) is 129 cm³/mol. The predicted octanol–water partition coefficient (Wildman–Crippen LogP) is 4.58. The number of piperazine rings is 1. The molecule has 1 saturated heterocycles. The summed E-state index contributed by atoms with van der Waals surface area (Å²) in [5.74, 6) is 0.883. The number of nitrogens with zero attached hydrogens (tertiary/aromatic N) is 2. The van der Waals surface area contributed by atoms with Crippen LogP contribution in [0.25, 0.3) is 10.8 Å². The minimum atomic E-state index is 0.